The molecule has 0 aliphatic rings. The van der Waals surface area contributed by atoms with Crippen molar-refractivity contribution in [1.29, 1.82) is 0 Å². The molecule has 0 amide bonds. The standard InChI is InChI=1S/C16H32N4/c1-13(2)19(14(3)4)9-8-17-10-15-11-18-20(12-15)16(5,6)7/h11-14,17H,8-10H2,1-7H3. The number of hydrogen-bond donors (Lipinski definition) is 1. The molecule has 0 bridgehead atoms. The monoisotopic (exact) mass is 280 g/mol. The van der Waals surface area contributed by atoms with Crippen molar-refractivity contribution in [2.45, 2.75) is 72.6 Å². The first-order valence-electron chi connectivity index (χ1n) is 7.72. The smallest absolute Gasteiger partial charge is 0.0543 e. The van der Waals surface area contributed by atoms with Crippen LogP contribution < -0.4 is 5.32 Å². The Morgan fingerprint density at radius 1 is 1.20 bits per heavy atom. The summed E-state index contributed by atoms with van der Waals surface area (Å²) in [5, 5.41) is 7.94. The molecule has 0 aliphatic heterocycles. The van der Waals surface area contributed by atoms with Crippen molar-refractivity contribution in [3.05, 3.63) is 18.0 Å². The summed E-state index contributed by atoms with van der Waals surface area (Å²) < 4.78 is 2.03. The molecule has 0 atom stereocenters. The molecule has 0 unspecified atom stereocenters. The zero-order valence-corrected chi connectivity index (χ0v) is 14.3. The second kappa shape index (κ2) is 7.23. The lowest BCUT2D eigenvalue weighted by molar-refractivity contribution is 0.176. The minimum atomic E-state index is 0.0599. The summed E-state index contributed by atoms with van der Waals surface area (Å²) in [5.41, 5.74) is 1.31. The van der Waals surface area contributed by atoms with E-state index in [0.717, 1.165) is 19.6 Å². The van der Waals surface area contributed by atoms with Crippen LogP contribution in [0.15, 0.2) is 12.4 Å². The minimum Gasteiger partial charge on any atom is -0.311 e. The van der Waals surface area contributed by atoms with Gasteiger partial charge in [0.05, 0.1) is 11.7 Å². The van der Waals surface area contributed by atoms with Gasteiger partial charge < -0.3 is 5.32 Å². The minimum absolute atomic E-state index is 0.0599. The van der Waals surface area contributed by atoms with E-state index < -0.39 is 0 Å². The second-order valence-corrected chi connectivity index (χ2v) is 7.07. The van der Waals surface area contributed by atoms with Crippen LogP contribution in [0.5, 0.6) is 0 Å². The van der Waals surface area contributed by atoms with Crippen molar-refractivity contribution >= 4 is 0 Å². The van der Waals surface area contributed by atoms with Crippen molar-refractivity contribution in [3.63, 3.8) is 0 Å². The molecule has 4 heteroatoms. The number of aromatic nitrogens is 2. The Morgan fingerprint density at radius 3 is 2.25 bits per heavy atom. The van der Waals surface area contributed by atoms with Gasteiger partial charge >= 0.3 is 0 Å². The van der Waals surface area contributed by atoms with Gasteiger partial charge in [-0.05, 0) is 48.5 Å². The van der Waals surface area contributed by atoms with E-state index in [4.69, 9.17) is 0 Å². The van der Waals surface area contributed by atoms with Gasteiger partial charge in [0.2, 0.25) is 0 Å². The van der Waals surface area contributed by atoms with Gasteiger partial charge in [0, 0.05) is 43.5 Å². The molecule has 0 spiro atoms. The zero-order chi connectivity index (χ0) is 15.3. The van der Waals surface area contributed by atoms with Crippen LogP contribution in [-0.2, 0) is 12.1 Å². The summed E-state index contributed by atoms with van der Waals surface area (Å²) in [6, 6.07) is 1.20. The molecule has 0 saturated carbocycles. The van der Waals surface area contributed by atoms with Gasteiger partial charge in [0.15, 0.2) is 0 Å². The van der Waals surface area contributed by atoms with Gasteiger partial charge in [-0.2, -0.15) is 5.10 Å². The predicted octanol–water partition coefficient (Wildman–Crippen LogP) is 2.85. The average molecular weight is 280 g/mol. The molecule has 116 valence electrons. The Morgan fingerprint density at radius 2 is 1.80 bits per heavy atom. The number of nitrogens with one attached hydrogen (secondary N) is 1. The maximum Gasteiger partial charge on any atom is 0.0543 e. The van der Waals surface area contributed by atoms with Gasteiger partial charge in [-0.25, -0.2) is 0 Å². The summed E-state index contributed by atoms with van der Waals surface area (Å²) in [6.45, 7) is 18.5. The molecule has 20 heavy (non-hydrogen) atoms. The van der Waals surface area contributed by atoms with Crippen LogP contribution in [0.4, 0.5) is 0 Å². The molecule has 1 aromatic heterocycles. The highest BCUT2D eigenvalue weighted by Crippen LogP contribution is 2.13. The predicted molar refractivity (Wildman–Crippen MR) is 85.9 cm³/mol. The third-order valence-corrected chi connectivity index (χ3v) is 3.53. The van der Waals surface area contributed by atoms with Crippen LogP contribution in [0.1, 0.15) is 54.0 Å². The molecular formula is C16H32N4. The highest BCUT2D eigenvalue weighted by atomic mass is 15.3. The van der Waals surface area contributed by atoms with Crippen molar-refractivity contribution in [2.24, 2.45) is 0 Å². The first-order chi connectivity index (χ1) is 9.21. The largest absolute Gasteiger partial charge is 0.311 e. The maximum absolute atomic E-state index is 4.42. The molecule has 0 aromatic carbocycles. The lowest BCUT2D eigenvalue weighted by Gasteiger charge is -2.30. The number of hydrogen-bond acceptors (Lipinski definition) is 3. The van der Waals surface area contributed by atoms with Crippen LogP contribution in [0.2, 0.25) is 0 Å². The molecule has 1 rings (SSSR count). The van der Waals surface area contributed by atoms with E-state index in [1.807, 2.05) is 10.9 Å². The van der Waals surface area contributed by atoms with E-state index in [2.05, 4.69) is 70.0 Å². The van der Waals surface area contributed by atoms with E-state index in [0.29, 0.717) is 12.1 Å². The van der Waals surface area contributed by atoms with Gasteiger partial charge in [-0.1, -0.05) is 0 Å². The second-order valence-electron chi connectivity index (χ2n) is 7.07. The third kappa shape index (κ3) is 5.25. The SMILES string of the molecule is CC(C)N(CCNCc1cnn(C(C)(C)C)c1)C(C)C. The van der Waals surface area contributed by atoms with Crippen molar-refractivity contribution in [1.82, 2.24) is 20.0 Å². The molecule has 4 nitrogen and oxygen atoms in total. The van der Waals surface area contributed by atoms with Crippen molar-refractivity contribution in [2.75, 3.05) is 13.1 Å². The highest BCUT2D eigenvalue weighted by molar-refractivity contribution is 5.04. The van der Waals surface area contributed by atoms with Crippen LogP contribution in [0, 0.1) is 0 Å². The first-order valence-corrected chi connectivity index (χ1v) is 7.72. The third-order valence-electron chi connectivity index (χ3n) is 3.53. The van der Waals surface area contributed by atoms with Gasteiger partial charge in [0.25, 0.3) is 0 Å². The fourth-order valence-electron chi connectivity index (χ4n) is 2.37. The normalized spacial score (nSPS) is 12.9. The molecular weight excluding hydrogens is 248 g/mol. The van der Waals surface area contributed by atoms with Gasteiger partial charge in [-0.15, -0.1) is 0 Å². The Bertz CT molecular complexity index is 379. The lowest BCUT2D eigenvalue weighted by Crippen LogP contribution is -2.41. The van der Waals surface area contributed by atoms with Crippen LogP contribution in [0.25, 0.3) is 0 Å². The Labute approximate surface area is 124 Å². The Kier molecular flexibility index (Phi) is 6.21. The summed E-state index contributed by atoms with van der Waals surface area (Å²) in [4.78, 5) is 2.51. The zero-order valence-electron chi connectivity index (χ0n) is 14.3. The van der Waals surface area contributed by atoms with E-state index in [1.165, 1.54) is 5.56 Å². The molecule has 1 aromatic rings. The summed E-state index contributed by atoms with van der Waals surface area (Å²) in [5.74, 6) is 0. The molecule has 0 saturated heterocycles. The van der Waals surface area contributed by atoms with Crippen LogP contribution in [-0.4, -0.2) is 39.9 Å². The van der Waals surface area contributed by atoms with Crippen LogP contribution >= 0.6 is 0 Å². The molecule has 0 radical (unpaired) electrons. The average Bonchev–Trinajstić information content (AvgIpc) is 2.76. The van der Waals surface area contributed by atoms with Gasteiger partial charge in [0.1, 0.15) is 0 Å². The molecule has 0 fully saturated rings. The van der Waals surface area contributed by atoms with Gasteiger partial charge in [-0.3, -0.25) is 9.58 Å². The number of nitrogens with zero attached hydrogens (tertiary/aromatic N) is 3. The maximum atomic E-state index is 4.42. The van der Waals surface area contributed by atoms with Crippen LogP contribution in [0.3, 0.4) is 0 Å². The Hall–Kier alpha value is -0.870. The molecule has 1 N–H and O–H groups in total. The first kappa shape index (κ1) is 17.2. The Balaban J connectivity index is 2.36. The van der Waals surface area contributed by atoms with E-state index in [1.54, 1.807) is 0 Å². The van der Waals surface area contributed by atoms with E-state index in [-0.39, 0.29) is 5.54 Å². The molecule has 0 aliphatic carbocycles. The fourth-order valence-corrected chi connectivity index (χ4v) is 2.37. The summed E-state index contributed by atoms with van der Waals surface area (Å²) in [6.07, 6.45) is 4.09. The fraction of sp³-hybridized carbons (Fsp3) is 0.812. The van der Waals surface area contributed by atoms with Crippen molar-refractivity contribution < 1.29 is 0 Å². The highest BCUT2D eigenvalue weighted by Gasteiger charge is 2.14. The van der Waals surface area contributed by atoms with Crippen molar-refractivity contribution in [3.8, 4) is 0 Å². The number of rotatable bonds is 7. The van der Waals surface area contributed by atoms with E-state index >= 15 is 0 Å². The molecule has 1 heterocycles. The lowest BCUT2D eigenvalue weighted by atomic mass is 10.1. The summed E-state index contributed by atoms with van der Waals surface area (Å²) in [7, 11) is 0. The quantitative estimate of drug-likeness (QED) is 0.780. The summed E-state index contributed by atoms with van der Waals surface area (Å²) >= 11 is 0. The van der Waals surface area contributed by atoms with E-state index in [9.17, 15) is 0 Å². The topological polar surface area (TPSA) is 33.1 Å².